The van der Waals surface area contributed by atoms with E-state index in [0.29, 0.717) is 0 Å². The van der Waals surface area contributed by atoms with Gasteiger partial charge >= 0.3 is 0 Å². The first-order chi connectivity index (χ1) is 10.3. The minimum atomic E-state index is 0.747. The Morgan fingerprint density at radius 3 is 2.76 bits per heavy atom. The second-order valence-corrected chi connectivity index (χ2v) is 6.49. The third-order valence-electron chi connectivity index (χ3n) is 5.49. The normalized spacial score (nSPS) is 27.1. The average Bonchev–Trinajstić information content (AvgIpc) is 3.05. The van der Waals surface area contributed by atoms with Gasteiger partial charge in [0.2, 0.25) is 0 Å². The maximum absolute atomic E-state index is 4.36. The van der Waals surface area contributed by atoms with Gasteiger partial charge in [0.25, 0.3) is 0 Å². The van der Waals surface area contributed by atoms with Crippen LogP contribution in [-0.4, -0.2) is 6.72 Å². The highest BCUT2D eigenvalue weighted by Crippen LogP contribution is 2.50. The van der Waals surface area contributed by atoms with Crippen LogP contribution in [0.2, 0.25) is 0 Å². The Morgan fingerprint density at radius 2 is 1.95 bits per heavy atom. The molecule has 0 aliphatic heterocycles. The number of nitrogens with zero attached hydrogens (tertiary/aromatic N) is 1. The van der Waals surface area contributed by atoms with E-state index in [1.165, 1.54) is 41.7 Å². The van der Waals surface area contributed by atoms with E-state index in [2.05, 4.69) is 55.1 Å². The highest BCUT2D eigenvalue weighted by Gasteiger charge is 2.36. The lowest BCUT2D eigenvalue weighted by Gasteiger charge is -2.22. The molecule has 0 aromatic heterocycles. The summed E-state index contributed by atoms with van der Waals surface area (Å²) in [6, 6.07) is 8.75. The predicted molar refractivity (Wildman–Crippen MR) is 89.3 cm³/mol. The fourth-order valence-electron chi connectivity index (χ4n) is 4.39. The first-order valence-corrected chi connectivity index (χ1v) is 7.92. The lowest BCUT2D eigenvalue weighted by Crippen LogP contribution is -2.11. The zero-order valence-electron chi connectivity index (χ0n) is 12.6. The van der Waals surface area contributed by atoms with Crippen LogP contribution in [0.25, 0.3) is 5.57 Å². The van der Waals surface area contributed by atoms with Crippen molar-refractivity contribution in [3.05, 3.63) is 64.4 Å². The van der Waals surface area contributed by atoms with Gasteiger partial charge in [-0.25, -0.2) is 0 Å². The van der Waals surface area contributed by atoms with Gasteiger partial charge in [0.15, 0.2) is 0 Å². The molecule has 21 heavy (non-hydrogen) atoms. The summed E-state index contributed by atoms with van der Waals surface area (Å²) >= 11 is 0. The number of hydrogen-bond acceptors (Lipinski definition) is 1. The molecule has 3 aliphatic rings. The van der Waals surface area contributed by atoms with E-state index >= 15 is 0 Å². The number of fused-ring (bicyclic) bond motifs is 2. The largest absolute Gasteiger partial charge is 0.268 e. The molecule has 1 aromatic rings. The molecule has 0 saturated carbocycles. The van der Waals surface area contributed by atoms with Crippen LogP contribution in [0.1, 0.15) is 37.3 Å². The molecule has 0 bridgehead atoms. The Bertz CT molecular complexity index is 702. The SMILES string of the molecule is C=NC1=C(C2=C(C)[C@H]3CC=CCC3C2)c2ccccc2C1. The highest BCUT2D eigenvalue weighted by atomic mass is 14.7. The van der Waals surface area contributed by atoms with Gasteiger partial charge in [-0.2, -0.15) is 0 Å². The zero-order chi connectivity index (χ0) is 14.4. The first-order valence-electron chi connectivity index (χ1n) is 7.92. The van der Waals surface area contributed by atoms with E-state index in [9.17, 15) is 0 Å². The molecule has 0 radical (unpaired) electrons. The van der Waals surface area contributed by atoms with Crippen LogP contribution in [0.5, 0.6) is 0 Å². The van der Waals surface area contributed by atoms with Crippen molar-refractivity contribution in [1.82, 2.24) is 0 Å². The summed E-state index contributed by atoms with van der Waals surface area (Å²) < 4.78 is 0. The van der Waals surface area contributed by atoms with Crippen molar-refractivity contribution in [3.8, 4) is 0 Å². The second-order valence-electron chi connectivity index (χ2n) is 6.49. The maximum atomic E-state index is 4.36. The van der Waals surface area contributed by atoms with E-state index in [1.807, 2.05) is 0 Å². The summed E-state index contributed by atoms with van der Waals surface area (Å²) in [5.41, 5.74) is 8.52. The van der Waals surface area contributed by atoms with E-state index in [0.717, 1.165) is 18.3 Å². The molecule has 4 rings (SSSR count). The molecule has 0 N–H and O–H groups in total. The van der Waals surface area contributed by atoms with Crippen molar-refractivity contribution in [2.24, 2.45) is 16.8 Å². The van der Waals surface area contributed by atoms with Crippen LogP contribution in [0.3, 0.4) is 0 Å². The standard InChI is InChI=1S/C20H21N/c1-13-16-9-5-3-7-14(16)11-18(13)20-17-10-6-4-8-15(17)12-19(20)21-2/h3-6,8,10,14,16H,2,7,9,11-12H2,1H3/t14?,16-/m1/s1. The maximum Gasteiger partial charge on any atom is 0.0521 e. The summed E-state index contributed by atoms with van der Waals surface area (Å²) in [5.74, 6) is 1.55. The minimum Gasteiger partial charge on any atom is -0.268 e. The van der Waals surface area contributed by atoms with Crippen LogP contribution < -0.4 is 0 Å². The smallest absolute Gasteiger partial charge is 0.0521 e. The molecule has 1 aromatic carbocycles. The Labute approximate surface area is 126 Å². The summed E-state index contributed by atoms with van der Waals surface area (Å²) in [7, 11) is 0. The first kappa shape index (κ1) is 12.8. The van der Waals surface area contributed by atoms with Gasteiger partial charge in [-0.3, -0.25) is 4.99 Å². The van der Waals surface area contributed by atoms with Gasteiger partial charge in [0.1, 0.15) is 0 Å². The fraction of sp³-hybridized carbons (Fsp3) is 0.350. The third-order valence-corrected chi connectivity index (χ3v) is 5.49. The Morgan fingerprint density at radius 1 is 1.14 bits per heavy atom. The van der Waals surface area contributed by atoms with Gasteiger partial charge in [-0.1, -0.05) is 42.0 Å². The highest BCUT2D eigenvalue weighted by molar-refractivity contribution is 5.88. The van der Waals surface area contributed by atoms with Crippen molar-refractivity contribution < 1.29 is 0 Å². The van der Waals surface area contributed by atoms with Gasteiger partial charge in [0, 0.05) is 12.0 Å². The van der Waals surface area contributed by atoms with Crippen LogP contribution >= 0.6 is 0 Å². The Kier molecular flexibility index (Phi) is 2.95. The van der Waals surface area contributed by atoms with Gasteiger partial charge < -0.3 is 0 Å². The molecule has 3 aliphatic carbocycles. The lowest BCUT2D eigenvalue weighted by molar-refractivity contribution is 0.401. The average molecular weight is 275 g/mol. The zero-order valence-corrected chi connectivity index (χ0v) is 12.6. The van der Waals surface area contributed by atoms with Crippen molar-refractivity contribution in [3.63, 3.8) is 0 Å². The summed E-state index contributed by atoms with van der Waals surface area (Å²) in [5, 5.41) is 0. The van der Waals surface area contributed by atoms with Gasteiger partial charge in [-0.05, 0) is 61.4 Å². The lowest BCUT2D eigenvalue weighted by atomic mass is 9.83. The second kappa shape index (κ2) is 4.84. The number of aliphatic imine (C=N–C) groups is 1. The molecular weight excluding hydrogens is 254 g/mol. The van der Waals surface area contributed by atoms with Gasteiger partial charge in [0.05, 0.1) is 5.70 Å². The summed E-state index contributed by atoms with van der Waals surface area (Å²) in [4.78, 5) is 4.36. The van der Waals surface area contributed by atoms with E-state index in [4.69, 9.17) is 0 Å². The van der Waals surface area contributed by atoms with E-state index in [1.54, 1.807) is 11.1 Å². The third kappa shape index (κ3) is 1.87. The molecule has 0 amide bonds. The van der Waals surface area contributed by atoms with Crippen LogP contribution in [-0.2, 0) is 6.42 Å². The van der Waals surface area contributed by atoms with Crippen molar-refractivity contribution in [2.45, 2.75) is 32.6 Å². The molecule has 0 heterocycles. The fourth-order valence-corrected chi connectivity index (χ4v) is 4.39. The Hall–Kier alpha value is -1.89. The molecule has 2 atom stereocenters. The molecule has 106 valence electrons. The summed E-state index contributed by atoms with van der Waals surface area (Å²) in [6.45, 7) is 6.16. The molecule has 0 saturated heterocycles. The van der Waals surface area contributed by atoms with Crippen LogP contribution in [0.15, 0.2) is 58.3 Å². The number of hydrogen-bond donors (Lipinski definition) is 0. The van der Waals surface area contributed by atoms with E-state index < -0.39 is 0 Å². The monoisotopic (exact) mass is 275 g/mol. The number of rotatable bonds is 2. The summed E-state index contributed by atoms with van der Waals surface area (Å²) in [6.07, 6.45) is 9.32. The van der Waals surface area contributed by atoms with Crippen molar-refractivity contribution >= 4 is 12.3 Å². The molecule has 1 unspecified atom stereocenters. The minimum absolute atomic E-state index is 0.747. The van der Waals surface area contributed by atoms with E-state index in [-0.39, 0.29) is 0 Å². The van der Waals surface area contributed by atoms with Crippen molar-refractivity contribution in [1.29, 1.82) is 0 Å². The molecule has 1 nitrogen and oxygen atoms in total. The van der Waals surface area contributed by atoms with Crippen LogP contribution in [0.4, 0.5) is 0 Å². The molecule has 1 heteroatoms. The predicted octanol–water partition coefficient (Wildman–Crippen LogP) is 4.96. The molecule has 0 spiro atoms. The van der Waals surface area contributed by atoms with Crippen molar-refractivity contribution in [2.75, 3.05) is 0 Å². The molecule has 0 fully saturated rings. The quantitative estimate of drug-likeness (QED) is 0.534. The van der Waals surface area contributed by atoms with Gasteiger partial charge in [-0.15, -0.1) is 0 Å². The van der Waals surface area contributed by atoms with Crippen LogP contribution in [0, 0.1) is 11.8 Å². The molecular formula is C20H21N. The number of benzene rings is 1. The topological polar surface area (TPSA) is 12.4 Å². The Balaban J connectivity index is 1.82. The number of allylic oxidation sites excluding steroid dienone is 6.